The van der Waals surface area contributed by atoms with Gasteiger partial charge in [-0.05, 0) is 45.9 Å². The first-order valence-corrected chi connectivity index (χ1v) is 13.1. The summed E-state index contributed by atoms with van der Waals surface area (Å²) in [6, 6.07) is 5.81. The lowest BCUT2D eigenvalue weighted by atomic mass is 9.91. The quantitative estimate of drug-likeness (QED) is 0.306. The molecule has 0 saturated carbocycles. The van der Waals surface area contributed by atoms with E-state index in [9.17, 15) is 0 Å². The molecule has 0 amide bonds. The zero-order chi connectivity index (χ0) is 27.6. The van der Waals surface area contributed by atoms with Gasteiger partial charge in [-0.1, -0.05) is 12.7 Å². The van der Waals surface area contributed by atoms with Gasteiger partial charge in [-0.25, -0.2) is 9.97 Å². The molecule has 4 heterocycles. The molecule has 3 aliphatic rings. The number of nitrogens with two attached hydrogens (primary N) is 1. The van der Waals surface area contributed by atoms with Crippen LogP contribution in [0.1, 0.15) is 33.4 Å². The van der Waals surface area contributed by atoms with Crippen molar-refractivity contribution >= 4 is 23.6 Å². The largest absolute Gasteiger partial charge is 0.490 e. The monoisotopic (exact) mass is 529 g/mol. The predicted octanol–water partition coefficient (Wildman–Crippen LogP) is 4.50. The minimum absolute atomic E-state index is 0.484. The lowest BCUT2D eigenvalue weighted by Crippen LogP contribution is -2.42. The van der Waals surface area contributed by atoms with Crippen LogP contribution in [0.3, 0.4) is 0 Å². The molecule has 0 atom stereocenters. The Hall–Kier alpha value is -4.18. The number of allylic oxidation sites excluding steroid dienone is 2. The molecule has 2 saturated heterocycles. The zero-order valence-electron chi connectivity index (χ0n) is 22.9. The van der Waals surface area contributed by atoms with E-state index < -0.39 is 5.60 Å². The molecule has 2 aromatic rings. The Morgan fingerprint density at radius 2 is 2.13 bits per heavy atom. The second-order valence-electron chi connectivity index (χ2n) is 10.3. The van der Waals surface area contributed by atoms with Gasteiger partial charge in [0.25, 0.3) is 0 Å². The molecule has 0 bridgehead atoms. The number of rotatable bonds is 7. The Balaban J connectivity index is 1.41. The van der Waals surface area contributed by atoms with Gasteiger partial charge in [0.1, 0.15) is 23.7 Å². The second kappa shape index (κ2) is 10.9. The molecule has 10 heteroatoms. The van der Waals surface area contributed by atoms with Crippen molar-refractivity contribution in [3.63, 3.8) is 0 Å². The molecule has 5 rings (SSSR count). The van der Waals surface area contributed by atoms with Crippen LogP contribution in [0.5, 0.6) is 5.75 Å². The van der Waals surface area contributed by atoms with E-state index in [4.69, 9.17) is 25.0 Å². The fourth-order valence-corrected chi connectivity index (χ4v) is 4.83. The molecule has 2 fully saturated rings. The molecule has 0 radical (unpaired) electrons. The normalized spacial score (nSPS) is 20.3. The number of nitrogens with one attached hydrogen (secondary N) is 1. The predicted molar refractivity (Wildman–Crippen MR) is 153 cm³/mol. The molecule has 39 heavy (non-hydrogen) atoms. The van der Waals surface area contributed by atoms with Gasteiger partial charge in [-0.2, -0.15) is 5.10 Å². The summed E-state index contributed by atoms with van der Waals surface area (Å²) in [5.74, 6) is 7.64. The van der Waals surface area contributed by atoms with Gasteiger partial charge in [-0.3, -0.25) is 4.99 Å². The summed E-state index contributed by atoms with van der Waals surface area (Å²) in [7, 11) is 0. The van der Waals surface area contributed by atoms with Crippen molar-refractivity contribution in [2.24, 2.45) is 21.9 Å². The average Bonchev–Trinajstić information content (AvgIpc) is 2.87. The van der Waals surface area contributed by atoms with Gasteiger partial charge in [0.05, 0.1) is 48.8 Å². The van der Waals surface area contributed by atoms with Gasteiger partial charge >= 0.3 is 0 Å². The number of fused-ring (bicyclic) bond motifs is 3. The van der Waals surface area contributed by atoms with Crippen molar-refractivity contribution < 1.29 is 14.2 Å². The van der Waals surface area contributed by atoms with E-state index in [2.05, 4.69) is 31.9 Å². The molecule has 1 aromatic heterocycles. The van der Waals surface area contributed by atoms with Crippen molar-refractivity contribution in [2.75, 3.05) is 38.2 Å². The van der Waals surface area contributed by atoms with E-state index in [-0.39, 0.29) is 0 Å². The molecule has 10 nitrogen and oxygen atoms in total. The first kappa shape index (κ1) is 26.4. The highest BCUT2D eigenvalue weighted by atomic mass is 16.5. The maximum atomic E-state index is 6.40. The molecular weight excluding hydrogens is 494 g/mol. The highest BCUT2D eigenvalue weighted by Gasteiger charge is 2.35. The Bertz CT molecular complexity index is 1390. The van der Waals surface area contributed by atoms with E-state index >= 15 is 0 Å². The number of hydrogen-bond acceptors (Lipinski definition) is 10. The van der Waals surface area contributed by atoms with Crippen molar-refractivity contribution in [3.8, 4) is 16.9 Å². The van der Waals surface area contributed by atoms with Gasteiger partial charge < -0.3 is 30.3 Å². The highest BCUT2D eigenvalue weighted by molar-refractivity contribution is 6.30. The number of hydrogen-bond donors (Lipinski definition) is 2. The fourth-order valence-electron chi connectivity index (χ4n) is 4.83. The Labute approximate surface area is 229 Å². The van der Waals surface area contributed by atoms with Gasteiger partial charge in [0.15, 0.2) is 0 Å². The van der Waals surface area contributed by atoms with Crippen LogP contribution in [0.2, 0.25) is 0 Å². The van der Waals surface area contributed by atoms with Crippen LogP contribution in [-0.4, -0.2) is 59.7 Å². The van der Waals surface area contributed by atoms with Crippen LogP contribution in [0.4, 0.5) is 11.6 Å². The number of nitrogens with zero attached hydrogens (tertiary/aromatic N) is 5. The Morgan fingerprint density at radius 1 is 1.31 bits per heavy atom. The third kappa shape index (κ3) is 5.65. The standard InChI is InChI=1S/C29H35N7O3/c1-6-21(11-25-19(3)38-10-9-36(25)15-20-16-37-17-20)34-28-31-14-24-23-8-7-22(33-18(2)13-32-30)12-26(23)39-29(4,5)27(24)35-28/h6-8,11-14,20H,3,9-10,15-17,30H2,1-2,4-5H3,(H,31,34,35)/b21-6+,25-11+,32-13-,33-18?. The summed E-state index contributed by atoms with van der Waals surface area (Å²) in [4.78, 5) is 16.4. The third-order valence-electron chi connectivity index (χ3n) is 6.86. The average molecular weight is 530 g/mol. The number of aliphatic imine (C=N–C) groups is 1. The van der Waals surface area contributed by atoms with Crippen LogP contribution in [-0.2, 0) is 15.1 Å². The Morgan fingerprint density at radius 3 is 2.85 bits per heavy atom. The molecule has 0 aliphatic carbocycles. The Kier molecular flexibility index (Phi) is 7.38. The van der Waals surface area contributed by atoms with Gasteiger partial charge in [0, 0.05) is 41.5 Å². The molecule has 0 spiro atoms. The maximum absolute atomic E-state index is 6.40. The number of aromatic nitrogens is 2. The van der Waals surface area contributed by atoms with Gasteiger partial charge in [-0.15, -0.1) is 0 Å². The summed E-state index contributed by atoms with van der Waals surface area (Å²) in [5.41, 5.74) is 5.21. The summed E-state index contributed by atoms with van der Waals surface area (Å²) in [6.07, 6.45) is 7.38. The van der Waals surface area contributed by atoms with E-state index in [1.807, 2.05) is 64.2 Å². The molecule has 1 aromatic carbocycles. The minimum atomic E-state index is -0.681. The topological polar surface area (TPSA) is 119 Å². The van der Waals surface area contributed by atoms with Crippen molar-refractivity contribution in [3.05, 3.63) is 66.0 Å². The minimum Gasteiger partial charge on any atom is -0.490 e. The van der Waals surface area contributed by atoms with Crippen LogP contribution in [0.25, 0.3) is 11.1 Å². The summed E-state index contributed by atoms with van der Waals surface area (Å²) in [5, 5.41) is 6.90. The molecule has 0 unspecified atom stereocenters. The summed E-state index contributed by atoms with van der Waals surface area (Å²) >= 11 is 0. The van der Waals surface area contributed by atoms with Crippen molar-refractivity contribution in [1.82, 2.24) is 14.9 Å². The summed E-state index contributed by atoms with van der Waals surface area (Å²) in [6.45, 7) is 15.9. The number of benzene rings is 1. The highest BCUT2D eigenvalue weighted by Crippen LogP contribution is 2.45. The van der Waals surface area contributed by atoms with Crippen LogP contribution >= 0.6 is 0 Å². The van der Waals surface area contributed by atoms with Crippen LogP contribution in [0, 0.1) is 5.92 Å². The third-order valence-corrected chi connectivity index (χ3v) is 6.86. The second-order valence-corrected chi connectivity index (χ2v) is 10.3. The number of ether oxygens (including phenoxy) is 3. The smallest absolute Gasteiger partial charge is 0.227 e. The molecule has 3 N–H and O–H groups in total. The van der Waals surface area contributed by atoms with Crippen LogP contribution in [0.15, 0.2) is 70.4 Å². The molecular formula is C29H35N7O3. The first-order valence-electron chi connectivity index (χ1n) is 13.1. The number of anilines is 1. The SMILES string of the molecule is C=C1OCCN(CC2COC2)/C1=C/C(=C\C)Nc1ncc2c(n1)C(C)(C)Oc1cc(N=C(C)/C=N\N)ccc1-2. The van der Waals surface area contributed by atoms with E-state index in [0.29, 0.717) is 29.9 Å². The van der Waals surface area contributed by atoms with E-state index in [1.165, 1.54) is 6.21 Å². The fraction of sp³-hybridized carbons (Fsp3) is 0.379. The summed E-state index contributed by atoms with van der Waals surface area (Å²) < 4.78 is 17.5. The molecule has 204 valence electrons. The number of morpholine rings is 1. The van der Waals surface area contributed by atoms with Crippen molar-refractivity contribution in [1.29, 1.82) is 0 Å². The van der Waals surface area contributed by atoms with E-state index in [1.54, 1.807) is 0 Å². The number of hydrazone groups is 1. The lowest BCUT2D eigenvalue weighted by Gasteiger charge is -2.38. The lowest BCUT2D eigenvalue weighted by molar-refractivity contribution is -0.0471. The zero-order valence-corrected chi connectivity index (χ0v) is 22.9. The van der Waals surface area contributed by atoms with Crippen LogP contribution < -0.4 is 15.9 Å². The van der Waals surface area contributed by atoms with E-state index in [0.717, 1.165) is 66.0 Å². The maximum Gasteiger partial charge on any atom is 0.227 e. The van der Waals surface area contributed by atoms with Gasteiger partial charge in [0.2, 0.25) is 5.95 Å². The first-order chi connectivity index (χ1) is 18.8. The van der Waals surface area contributed by atoms with Crippen molar-refractivity contribution in [2.45, 2.75) is 33.3 Å². The molecule has 3 aliphatic heterocycles.